The van der Waals surface area contributed by atoms with Crippen molar-refractivity contribution in [2.75, 3.05) is 37.7 Å². The van der Waals surface area contributed by atoms with Gasteiger partial charge in [-0.15, -0.1) is 11.3 Å². The summed E-state index contributed by atoms with van der Waals surface area (Å²) < 4.78 is 14.9. The molecule has 0 spiro atoms. The normalized spacial score (nSPS) is 17.7. The van der Waals surface area contributed by atoms with Gasteiger partial charge in [0.1, 0.15) is 23.3 Å². The van der Waals surface area contributed by atoms with Gasteiger partial charge in [-0.1, -0.05) is 6.07 Å². The number of aromatic nitrogens is 5. The van der Waals surface area contributed by atoms with Gasteiger partial charge in [0.2, 0.25) is 5.88 Å². The van der Waals surface area contributed by atoms with Crippen LogP contribution >= 0.6 is 11.3 Å². The number of thiazole rings is 1. The van der Waals surface area contributed by atoms with Gasteiger partial charge in [-0.25, -0.2) is 14.8 Å². The van der Waals surface area contributed by atoms with Crippen molar-refractivity contribution in [3.05, 3.63) is 71.3 Å². The van der Waals surface area contributed by atoms with Crippen LogP contribution in [0.5, 0.6) is 5.88 Å². The van der Waals surface area contributed by atoms with Crippen molar-refractivity contribution in [2.24, 2.45) is 0 Å². The molecule has 0 bridgehead atoms. The van der Waals surface area contributed by atoms with Gasteiger partial charge >= 0.3 is 5.97 Å². The van der Waals surface area contributed by atoms with E-state index in [9.17, 15) is 9.90 Å². The minimum atomic E-state index is -0.936. The van der Waals surface area contributed by atoms with Crippen LogP contribution in [0.3, 0.4) is 0 Å². The molecule has 2 aliphatic rings. The molecule has 1 aromatic carbocycles. The van der Waals surface area contributed by atoms with Gasteiger partial charge in [-0.3, -0.25) is 9.88 Å². The third-order valence-corrected chi connectivity index (χ3v) is 8.61. The topological polar surface area (TPSA) is 119 Å². The summed E-state index contributed by atoms with van der Waals surface area (Å²) in [4.78, 5) is 34.6. The summed E-state index contributed by atoms with van der Waals surface area (Å²) in [5.74, 6) is 1.47. The maximum Gasteiger partial charge on any atom is 0.335 e. The molecule has 210 valence electrons. The third kappa shape index (κ3) is 5.45. The molecule has 2 saturated heterocycles. The van der Waals surface area contributed by atoms with Crippen LogP contribution in [-0.4, -0.2) is 79.4 Å². The van der Waals surface area contributed by atoms with Crippen LogP contribution in [0, 0.1) is 0 Å². The second-order valence-electron chi connectivity index (χ2n) is 10.3. The largest absolute Gasteiger partial charge is 0.478 e. The van der Waals surface area contributed by atoms with Crippen molar-refractivity contribution in [1.82, 2.24) is 29.4 Å². The first-order chi connectivity index (χ1) is 20.1. The molecule has 1 unspecified atom stereocenters. The minimum Gasteiger partial charge on any atom is -0.478 e. The SMILES string of the molecule is O=C(O)c1ccc2nc(CN3CCN(c4cccc(OCc5nc6cnccc6s5)n4)CC3)n(CC3CCO3)c2c1. The molecule has 11 nitrogen and oxygen atoms in total. The van der Waals surface area contributed by atoms with E-state index >= 15 is 0 Å². The second kappa shape index (κ2) is 11.0. The number of aromatic carboxylic acids is 1. The summed E-state index contributed by atoms with van der Waals surface area (Å²) >= 11 is 1.60. The van der Waals surface area contributed by atoms with E-state index in [2.05, 4.69) is 24.3 Å². The highest BCUT2D eigenvalue weighted by Crippen LogP contribution is 2.25. The van der Waals surface area contributed by atoms with Crippen molar-refractivity contribution in [3.8, 4) is 5.88 Å². The van der Waals surface area contributed by atoms with Crippen molar-refractivity contribution >= 4 is 44.4 Å². The summed E-state index contributed by atoms with van der Waals surface area (Å²) in [6.45, 7) is 5.88. The standard InChI is InChI=1S/C29H29N7O4S/c37-29(38)19-4-5-21-23(14-19)36(16-20-7-13-39-20)26(31-21)17-34-9-11-35(12-10-34)25-2-1-3-27(33-25)40-18-28-32-22-15-30-8-6-24(22)41-28/h1-6,8,14-15,20H,7,9-13,16-18H2,(H,37,38). The molecule has 0 amide bonds. The molecule has 5 aromatic rings. The lowest BCUT2D eigenvalue weighted by molar-refractivity contribution is -0.0592. The third-order valence-electron chi connectivity index (χ3n) is 7.60. The number of rotatable bonds is 9. The highest BCUT2D eigenvalue weighted by Gasteiger charge is 2.25. The Morgan fingerprint density at radius 3 is 2.73 bits per heavy atom. The van der Waals surface area contributed by atoms with Gasteiger partial charge in [-0.05, 0) is 36.8 Å². The molecular weight excluding hydrogens is 542 g/mol. The lowest BCUT2D eigenvalue weighted by atomic mass is 10.1. The Hall–Kier alpha value is -4.13. The van der Waals surface area contributed by atoms with Crippen LogP contribution in [0.15, 0.2) is 54.9 Å². The molecule has 41 heavy (non-hydrogen) atoms. The van der Waals surface area contributed by atoms with Crippen molar-refractivity contribution < 1.29 is 19.4 Å². The molecule has 1 atom stereocenters. The molecule has 2 fully saturated rings. The van der Waals surface area contributed by atoms with Gasteiger partial charge in [0, 0.05) is 45.0 Å². The Labute approximate surface area is 240 Å². The van der Waals surface area contributed by atoms with Crippen LogP contribution in [0.1, 0.15) is 27.6 Å². The molecular formula is C29H29N7O4S. The molecule has 12 heteroatoms. The number of benzene rings is 1. The summed E-state index contributed by atoms with van der Waals surface area (Å²) in [5, 5.41) is 10.4. The first-order valence-corrected chi connectivity index (χ1v) is 14.5. The van der Waals surface area contributed by atoms with E-state index in [4.69, 9.17) is 19.4 Å². The number of carboxylic acids is 1. The van der Waals surface area contributed by atoms with Gasteiger partial charge < -0.3 is 24.0 Å². The number of piperazine rings is 1. The zero-order valence-electron chi connectivity index (χ0n) is 22.3. The number of hydrogen-bond donors (Lipinski definition) is 1. The quantitative estimate of drug-likeness (QED) is 0.280. The lowest BCUT2D eigenvalue weighted by Gasteiger charge is -2.35. The van der Waals surface area contributed by atoms with E-state index in [1.165, 1.54) is 0 Å². The van der Waals surface area contributed by atoms with Gasteiger partial charge in [0.25, 0.3) is 0 Å². The summed E-state index contributed by atoms with van der Waals surface area (Å²) in [7, 11) is 0. The van der Waals surface area contributed by atoms with Crippen LogP contribution in [-0.2, 0) is 24.4 Å². The van der Waals surface area contributed by atoms with E-state index in [-0.39, 0.29) is 11.7 Å². The number of carboxylic acid groups (broad SMARTS) is 1. The summed E-state index contributed by atoms with van der Waals surface area (Å²) in [6.07, 6.45) is 4.68. The summed E-state index contributed by atoms with van der Waals surface area (Å²) in [6, 6.07) is 13.0. The van der Waals surface area contributed by atoms with Gasteiger partial charge in [-0.2, -0.15) is 4.98 Å². The first kappa shape index (κ1) is 25.8. The van der Waals surface area contributed by atoms with E-state index in [1.807, 2.05) is 24.3 Å². The Morgan fingerprint density at radius 1 is 1.07 bits per heavy atom. The van der Waals surface area contributed by atoms with Crippen LogP contribution in [0.2, 0.25) is 0 Å². The van der Waals surface area contributed by atoms with Gasteiger partial charge in [0.15, 0.2) is 0 Å². The highest BCUT2D eigenvalue weighted by atomic mass is 32.1. The number of hydrogen-bond acceptors (Lipinski definition) is 10. The molecule has 0 radical (unpaired) electrons. The predicted molar refractivity (Wildman–Crippen MR) is 155 cm³/mol. The van der Waals surface area contributed by atoms with E-state index in [0.717, 1.165) is 77.1 Å². The predicted octanol–water partition coefficient (Wildman–Crippen LogP) is 3.82. The van der Waals surface area contributed by atoms with Crippen LogP contribution in [0.25, 0.3) is 21.3 Å². The van der Waals surface area contributed by atoms with E-state index in [0.29, 0.717) is 25.6 Å². The fraction of sp³-hybridized carbons (Fsp3) is 0.345. The fourth-order valence-electron chi connectivity index (χ4n) is 5.28. The van der Waals surface area contributed by atoms with Gasteiger partial charge in [0.05, 0.1) is 52.2 Å². The fourth-order valence-corrected chi connectivity index (χ4v) is 6.13. The number of fused-ring (bicyclic) bond motifs is 2. The summed E-state index contributed by atoms with van der Waals surface area (Å²) in [5.41, 5.74) is 2.81. The van der Waals surface area contributed by atoms with Crippen molar-refractivity contribution in [1.29, 1.82) is 0 Å². The molecule has 7 rings (SSSR count). The van der Waals surface area contributed by atoms with Crippen LogP contribution in [0.4, 0.5) is 5.82 Å². The smallest absolute Gasteiger partial charge is 0.335 e. The molecule has 6 heterocycles. The Morgan fingerprint density at radius 2 is 1.95 bits per heavy atom. The highest BCUT2D eigenvalue weighted by molar-refractivity contribution is 7.18. The molecule has 2 aliphatic heterocycles. The lowest BCUT2D eigenvalue weighted by Crippen LogP contribution is -2.46. The van der Waals surface area contributed by atoms with E-state index in [1.54, 1.807) is 41.9 Å². The first-order valence-electron chi connectivity index (χ1n) is 13.7. The minimum absolute atomic E-state index is 0.142. The number of nitrogens with zero attached hydrogens (tertiary/aromatic N) is 7. The molecule has 4 aromatic heterocycles. The van der Waals surface area contributed by atoms with Crippen molar-refractivity contribution in [2.45, 2.75) is 32.2 Å². The maximum absolute atomic E-state index is 11.6. The number of imidazole rings is 1. The second-order valence-corrected chi connectivity index (χ2v) is 11.4. The molecule has 1 N–H and O–H groups in total. The molecule has 0 saturated carbocycles. The number of pyridine rings is 2. The van der Waals surface area contributed by atoms with Crippen LogP contribution < -0.4 is 9.64 Å². The maximum atomic E-state index is 11.6. The van der Waals surface area contributed by atoms with E-state index < -0.39 is 5.97 Å². The zero-order chi connectivity index (χ0) is 27.8. The molecule has 0 aliphatic carbocycles. The number of carbonyl (C=O) groups is 1. The Balaban J connectivity index is 1.00. The average molecular weight is 572 g/mol. The Bertz CT molecular complexity index is 1680. The average Bonchev–Trinajstić information content (AvgIpc) is 3.54. The monoisotopic (exact) mass is 571 g/mol. The number of anilines is 1. The number of ether oxygens (including phenoxy) is 2. The zero-order valence-corrected chi connectivity index (χ0v) is 23.2. The Kier molecular flexibility index (Phi) is 6.95. The van der Waals surface area contributed by atoms with Crippen molar-refractivity contribution in [3.63, 3.8) is 0 Å².